The molecule has 2 aromatic carbocycles. The average Bonchev–Trinajstić information content (AvgIpc) is 3.04. The van der Waals surface area contributed by atoms with E-state index in [0.29, 0.717) is 42.7 Å². The van der Waals surface area contributed by atoms with E-state index < -0.39 is 5.60 Å². The van der Waals surface area contributed by atoms with Crippen LogP contribution < -0.4 is 25.4 Å². The maximum Gasteiger partial charge on any atom is 0.274 e. The first-order valence-electron chi connectivity index (χ1n) is 16.0. The van der Waals surface area contributed by atoms with Crippen molar-refractivity contribution in [2.75, 3.05) is 75.5 Å². The number of para-hydroxylation sites is 2. The maximum atomic E-state index is 13.2. The van der Waals surface area contributed by atoms with Crippen molar-refractivity contribution in [3.05, 3.63) is 96.9 Å². The molecule has 2 aliphatic heterocycles. The van der Waals surface area contributed by atoms with Gasteiger partial charge in [0.1, 0.15) is 24.5 Å². The van der Waals surface area contributed by atoms with Gasteiger partial charge < -0.3 is 40.0 Å². The summed E-state index contributed by atoms with van der Waals surface area (Å²) in [5, 5.41) is 9.56. The van der Waals surface area contributed by atoms with E-state index in [-0.39, 0.29) is 5.91 Å². The minimum Gasteiger partial charge on any atom is -0.486 e. The molecule has 1 saturated heterocycles. The van der Waals surface area contributed by atoms with Crippen molar-refractivity contribution in [3.8, 4) is 11.5 Å². The molecule has 1 aromatic heterocycles. The fourth-order valence-corrected chi connectivity index (χ4v) is 5.32. The zero-order valence-corrected chi connectivity index (χ0v) is 28.0. The monoisotopic (exact) mass is 641 g/mol. The predicted octanol–water partition coefficient (Wildman–Crippen LogP) is 5.44. The highest BCUT2D eigenvalue weighted by Gasteiger charge is 2.19. The molecule has 47 heavy (non-hydrogen) atoms. The smallest absolute Gasteiger partial charge is 0.274 e. The molecule has 3 heterocycles. The van der Waals surface area contributed by atoms with Crippen molar-refractivity contribution >= 4 is 23.0 Å². The van der Waals surface area contributed by atoms with Crippen LogP contribution in [-0.2, 0) is 11.3 Å². The number of nitrogens with zero attached hydrogens (tertiary/aromatic N) is 4. The van der Waals surface area contributed by atoms with E-state index in [2.05, 4.69) is 55.8 Å². The number of nitrogens with one attached hydrogen (secondary N) is 3. The van der Waals surface area contributed by atoms with Crippen LogP contribution in [0.2, 0.25) is 0 Å². The van der Waals surface area contributed by atoms with Gasteiger partial charge >= 0.3 is 0 Å². The maximum absolute atomic E-state index is 13.2. The molecular weight excluding hydrogens is 594 g/mol. The molecule has 11 heteroatoms. The molecule has 0 atom stereocenters. The van der Waals surface area contributed by atoms with E-state index in [1.165, 1.54) is 0 Å². The number of hydrogen-bond acceptors (Lipinski definition) is 10. The minimum atomic E-state index is -0.401. The molecule has 1 amide bonds. The summed E-state index contributed by atoms with van der Waals surface area (Å²) < 4.78 is 17.2. The highest BCUT2D eigenvalue weighted by Crippen LogP contribution is 2.33. The van der Waals surface area contributed by atoms with Crippen LogP contribution >= 0.6 is 0 Å². The lowest BCUT2D eigenvalue weighted by Gasteiger charge is -2.35. The van der Waals surface area contributed by atoms with E-state index in [1.807, 2.05) is 69.3 Å². The lowest BCUT2D eigenvalue weighted by Crippen LogP contribution is -2.47. The number of anilines is 3. The first-order chi connectivity index (χ1) is 22.5. The molecule has 2 aliphatic rings. The molecule has 0 saturated carbocycles. The van der Waals surface area contributed by atoms with Crippen molar-refractivity contribution in [1.29, 1.82) is 0 Å². The summed E-state index contributed by atoms with van der Waals surface area (Å²) in [6.45, 7) is 21.7. The summed E-state index contributed by atoms with van der Waals surface area (Å²) in [5.41, 5.74) is 3.01. The van der Waals surface area contributed by atoms with Gasteiger partial charge in [-0.25, -0.2) is 0 Å². The molecule has 3 N–H and O–H groups in total. The first-order valence-corrected chi connectivity index (χ1v) is 16.0. The van der Waals surface area contributed by atoms with Gasteiger partial charge in [-0.05, 0) is 70.3 Å². The molecule has 0 bridgehead atoms. The number of ether oxygens (including phenoxy) is 3. The Kier molecular flexibility index (Phi) is 10.9. The van der Waals surface area contributed by atoms with Gasteiger partial charge in [-0.1, -0.05) is 24.8 Å². The van der Waals surface area contributed by atoms with Crippen molar-refractivity contribution in [2.45, 2.75) is 32.9 Å². The summed E-state index contributed by atoms with van der Waals surface area (Å²) in [6, 6.07) is 16.9. The number of aromatic nitrogens is 1. The Morgan fingerprint density at radius 2 is 1.64 bits per heavy atom. The Hall–Kier alpha value is -4.74. The molecule has 0 radical (unpaired) electrons. The third-order valence-electron chi connectivity index (χ3n) is 7.80. The van der Waals surface area contributed by atoms with E-state index in [0.717, 1.165) is 67.8 Å². The molecule has 250 valence electrons. The quantitative estimate of drug-likeness (QED) is 0.209. The van der Waals surface area contributed by atoms with Gasteiger partial charge in [-0.2, -0.15) is 0 Å². The van der Waals surface area contributed by atoms with Gasteiger partial charge in [-0.15, -0.1) is 0 Å². The molecular formula is C36H47N7O4. The molecule has 11 nitrogen and oxygen atoms in total. The predicted molar refractivity (Wildman–Crippen MR) is 187 cm³/mol. The van der Waals surface area contributed by atoms with E-state index in [4.69, 9.17) is 14.2 Å². The van der Waals surface area contributed by atoms with Crippen molar-refractivity contribution in [2.24, 2.45) is 0 Å². The summed E-state index contributed by atoms with van der Waals surface area (Å²) in [4.78, 5) is 24.8. The number of hydrogen-bond donors (Lipinski definition) is 3. The second-order valence-corrected chi connectivity index (χ2v) is 12.8. The van der Waals surface area contributed by atoms with E-state index in [9.17, 15) is 4.79 Å². The first kappa shape index (κ1) is 33.6. The molecule has 3 aromatic rings. The molecule has 1 fully saturated rings. The third-order valence-corrected chi connectivity index (χ3v) is 7.80. The second-order valence-electron chi connectivity index (χ2n) is 12.8. The largest absolute Gasteiger partial charge is 0.486 e. The molecule has 0 unspecified atom stereocenters. The zero-order chi connectivity index (χ0) is 33.4. The van der Waals surface area contributed by atoms with Gasteiger partial charge in [0.05, 0.1) is 17.2 Å². The molecule has 5 rings (SSSR count). The average molecular weight is 642 g/mol. The van der Waals surface area contributed by atoms with Crippen LogP contribution in [0.5, 0.6) is 11.5 Å². The van der Waals surface area contributed by atoms with Crippen LogP contribution in [0.25, 0.3) is 0 Å². The summed E-state index contributed by atoms with van der Waals surface area (Å²) in [5.74, 6) is 2.30. The number of amides is 1. The highest BCUT2D eigenvalue weighted by molar-refractivity contribution is 6.04. The van der Waals surface area contributed by atoms with Crippen LogP contribution in [0.15, 0.2) is 85.7 Å². The van der Waals surface area contributed by atoms with Crippen LogP contribution in [0, 0.1) is 0 Å². The van der Waals surface area contributed by atoms with Crippen LogP contribution in [0.4, 0.5) is 17.1 Å². The van der Waals surface area contributed by atoms with Gasteiger partial charge in [0, 0.05) is 63.8 Å². The number of likely N-dealkylation sites (N-methyl/N-ethyl adjacent to an activating group) is 1. The number of carbonyl (C=O) groups is 1. The second kappa shape index (κ2) is 15.2. The normalized spacial score (nSPS) is 15.0. The fourth-order valence-electron chi connectivity index (χ4n) is 5.32. The Balaban J connectivity index is 1.24. The highest BCUT2D eigenvalue weighted by atomic mass is 16.6. The van der Waals surface area contributed by atoms with Gasteiger partial charge in [-0.3, -0.25) is 14.7 Å². The Morgan fingerprint density at radius 3 is 2.32 bits per heavy atom. The molecule has 0 spiro atoms. The minimum absolute atomic E-state index is 0.311. The Bertz CT molecular complexity index is 1550. The topological polar surface area (TPSA) is 103 Å². The fraction of sp³-hybridized carbons (Fsp3) is 0.389. The van der Waals surface area contributed by atoms with Crippen molar-refractivity contribution in [3.63, 3.8) is 0 Å². The number of pyridine rings is 1. The number of fused-ring (bicyclic) bond motifs is 1. The number of rotatable bonds is 13. The lowest BCUT2D eigenvalue weighted by atomic mass is 10.2. The number of benzene rings is 2. The van der Waals surface area contributed by atoms with Gasteiger partial charge in [0.15, 0.2) is 17.4 Å². The van der Waals surface area contributed by atoms with Crippen LogP contribution in [-0.4, -0.2) is 90.7 Å². The van der Waals surface area contributed by atoms with E-state index in [1.54, 1.807) is 12.3 Å². The van der Waals surface area contributed by atoms with Crippen LogP contribution in [0.3, 0.4) is 0 Å². The van der Waals surface area contributed by atoms with Gasteiger partial charge in [0.2, 0.25) is 0 Å². The Labute approximate surface area is 278 Å². The van der Waals surface area contributed by atoms with Crippen molar-refractivity contribution in [1.82, 2.24) is 19.7 Å². The standard InChI is InChI=1S/C36H47N7O4/c1-26(38-29-12-14-33-34(23-29)46-22-21-45-33)43(20-19-42-17-15-41(6)16-18-42)25-28-11-13-32(37-24-28)35(44)40-31-10-8-7-9-30(31)39-27(2)47-36(3,4)5/h7-14,23-24,38-39H,1-2,15-22,25H2,3-6H3,(H,40,44). The van der Waals surface area contributed by atoms with Gasteiger partial charge in [0.25, 0.3) is 5.91 Å². The third kappa shape index (κ3) is 9.87. The van der Waals surface area contributed by atoms with E-state index >= 15 is 0 Å². The summed E-state index contributed by atoms with van der Waals surface area (Å²) >= 11 is 0. The summed E-state index contributed by atoms with van der Waals surface area (Å²) in [7, 11) is 2.16. The van der Waals surface area contributed by atoms with Crippen molar-refractivity contribution < 1.29 is 19.0 Å². The number of piperazine rings is 1. The SMILES string of the molecule is C=C(Nc1ccccc1NC(=O)c1ccc(CN(CCN2CCN(C)CC2)C(=C)Nc2ccc3c(c2)OCCO3)cn1)OC(C)(C)C. The Morgan fingerprint density at radius 1 is 0.936 bits per heavy atom. The number of carbonyl (C=O) groups excluding carboxylic acids is 1. The molecule has 0 aliphatic carbocycles. The zero-order valence-electron chi connectivity index (χ0n) is 28.0. The lowest BCUT2D eigenvalue weighted by molar-refractivity contribution is 0.0565. The summed E-state index contributed by atoms with van der Waals surface area (Å²) in [6.07, 6.45) is 1.75. The van der Waals surface area contributed by atoms with Crippen LogP contribution in [0.1, 0.15) is 36.8 Å².